The molecule has 102 valence electrons. The molecule has 0 amide bonds. The number of nitrogens with zero attached hydrogens (tertiary/aromatic N) is 2. The Balaban J connectivity index is 1.56. The highest BCUT2D eigenvalue weighted by Crippen LogP contribution is 2.09. The molecule has 4 nitrogen and oxygen atoms in total. The molecule has 1 aromatic heterocycles. The van der Waals surface area contributed by atoms with E-state index < -0.39 is 0 Å². The maximum absolute atomic E-state index is 4.08. The third kappa shape index (κ3) is 5.44. The smallest absolute Gasteiger partial charge is 0.183 e. The summed E-state index contributed by atoms with van der Waals surface area (Å²) in [5.41, 5.74) is 1.41. The van der Waals surface area contributed by atoms with Crippen molar-refractivity contribution in [1.82, 2.24) is 20.5 Å². The van der Waals surface area contributed by atoms with Crippen LogP contribution in [-0.2, 0) is 6.42 Å². The minimum atomic E-state index is 0.538. The second-order valence-corrected chi connectivity index (χ2v) is 5.60. The molecule has 1 unspecified atom stereocenters. The van der Waals surface area contributed by atoms with E-state index in [-0.39, 0.29) is 0 Å². The van der Waals surface area contributed by atoms with E-state index in [1.807, 2.05) is 0 Å². The number of benzene rings is 1. The van der Waals surface area contributed by atoms with Crippen molar-refractivity contribution in [3.63, 3.8) is 0 Å². The fourth-order valence-corrected chi connectivity index (χ4v) is 2.50. The van der Waals surface area contributed by atoms with Gasteiger partial charge in [-0.3, -0.25) is 5.10 Å². The van der Waals surface area contributed by atoms with Crippen LogP contribution in [0.5, 0.6) is 0 Å². The van der Waals surface area contributed by atoms with Crippen molar-refractivity contribution in [2.45, 2.75) is 31.0 Å². The van der Waals surface area contributed by atoms with Crippen LogP contribution >= 0.6 is 11.8 Å². The topological polar surface area (TPSA) is 53.6 Å². The van der Waals surface area contributed by atoms with Crippen molar-refractivity contribution >= 4 is 11.8 Å². The number of aromatic amines is 1. The molecule has 1 heterocycles. The Hall–Kier alpha value is -1.33. The van der Waals surface area contributed by atoms with E-state index in [4.69, 9.17) is 0 Å². The number of hydrogen-bond donors (Lipinski definition) is 2. The van der Waals surface area contributed by atoms with Crippen LogP contribution in [0.15, 0.2) is 41.8 Å². The van der Waals surface area contributed by atoms with Gasteiger partial charge in [0.2, 0.25) is 0 Å². The van der Waals surface area contributed by atoms with Crippen LogP contribution < -0.4 is 5.32 Å². The summed E-state index contributed by atoms with van der Waals surface area (Å²) in [6.45, 7) is 3.23. The summed E-state index contributed by atoms with van der Waals surface area (Å²) >= 11 is 1.69. The van der Waals surface area contributed by atoms with Crippen LogP contribution in [-0.4, -0.2) is 33.5 Å². The van der Waals surface area contributed by atoms with Gasteiger partial charge in [-0.1, -0.05) is 42.1 Å². The highest BCUT2D eigenvalue weighted by Gasteiger charge is 2.02. The number of aromatic nitrogens is 3. The van der Waals surface area contributed by atoms with Crippen LogP contribution in [0.1, 0.15) is 18.9 Å². The van der Waals surface area contributed by atoms with E-state index in [2.05, 4.69) is 57.8 Å². The minimum absolute atomic E-state index is 0.538. The minimum Gasteiger partial charge on any atom is -0.313 e. The van der Waals surface area contributed by atoms with E-state index in [1.165, 1.54) is 11.9 Å². The summed E-state index contributed by atoms with van der Waals surface area (Å²) in [6, 6.07) is 11.2. The second kappa shape index (κ2) is 7.96. The first kappa shape index (κ1) is 14.1. The molecular formula is C14H20N4S. The first-order valence-corrected chi connectivity index (χ1v) is 7.58. The highest BCUT2D eigenvalue weighted by atomic mass is 32.2. The monoisotopic (exact) mass is 276 g/mol. The third-order valence-electron chi connectivity index (χ3n) is 2.94. The Labute approximate surface area is 118 Å². The maximum Gasteiger partial charge on any atom is 0.183 e. The molecule has 2 aromatic rings. The summed E-state index contributed by atoms with van der Waals surface area (Å²) in [6.07, 6.45) is 3.83. The first-order valence-electron chi connectivity index (χ1n) is 6.60. The molecule has 1 aromatic carbocycles. The van der Waals surface area contributed by atoms with Gasteiger partial charge in [-0.2, -0.15) is 5.10 Å². The molecule has 0 radical (unpaired) electrons. The average Bonchev–Trinajstić information content (AvgIpc) is 2.96. The number of thioether (sulfide) groups is 1. The number of H-pyrrole nitrogens is 1. The SMILES string of the molecule is CC(CCc1ccccc1)NCCSc1ncn[nH]1. The highest BCUT2D eigenvalue weighted by molar-refractivity contribution is 7.99. The fraction of sp³-hybridized carbons (Fsp3) is 0.429. The molecule has 0 aliphatic rings. The molecule has 0 fully saturated rings. The molecule has 1 atom stereocenters. The van der Waals surface area contributed by atoms with Crippen molar-refractivity contribution in [3.05, 3.63) is 42.2 Å². The van der Waals surface area contributed by atoms with E-state index in [1.54, 1.807) is 11.8 Å². The van der Waals surface area contributed by atoms with Crippen molar-refractivity contribution in [1.29, 1.82) is 0 Å². The summed E-state index contributed by atoms with van der Waals surface area (Å²) in [5.74, 6) is 1.00. The molecule has 0 saturated carbocycles. The lowest BCUT2D eigenvalue weighted by Gasteiger charge is -2.13. The maximum atomic E-state index is 4.08. The van der Waals surface area contributed by atoms with Crippen LogP contribution in [0.25, 0.3) is 0 Å². The summed E-state index contributed by atoms with van der Waals surface area (Å²) in [4.78, 5) is 4.08. The zero-order chi connectivity index (χ0) is 13.3. The summed E-state index contributed by atoms with van der Waals surface area (Å²) in [5, 5.41) is 11.1. The lowest BCUT2D eigenvalue weighted by atomic mass is 10.1. The van der Waals surface area contributed by atoms with Gasteiger partial charge in [0.15, 0.2) is 5.16 Å². The molecule has 2 rings (SSSR count). The van der Waals surface area contributed by atoms with Gasteiger partial charge >= 0.3 is 0 Å². The van der Waals surface area contributed by atoms with Gasteiger partial charge in [0.05, 0.1) is 0 Å². The van der Waals surface area contributed by atoms with Crippen molar-refractivity contribution in [2.24, 2.45) is 0 Å². The normalized spacial score (nSPS) is 12.5. The number of nitrogens with one attached hydrogen (secondary N) is 2. The van der Waals surface area contributed by atoms with Gasteiger partial charge < -0.3 is 5.32 Å². The predicted octanol–water partition coefficient (Wildman–Crippen LogP) is 2.51. The van der Waals surface area contributed by atoms with Gasteiger partial charge in [-0.15, -0.1) is 0 Å². The van der Waals surface area contributed by atoms with Gasteiger partial charge in [0.25, 0.3) is 0 Å². The van der Waals surface area contributed by atoms with E-state index >= 15 is 0 Å². The number of hydrogen-bond acceptors (Lipinski definition) is 4. The number of aryl methyl sites for hydroxylation is 1. The summed E-state index contributed by atoms with van der Waals surface area (Å²) < 4.78 is 0. The molecule has 0 saturated heterocycles. The van der Waals surface area contributed by atoms with Crippen molar-refractivity contribution in [3.8, 4) is 0 Å². The van der Waals surface area contributed by atoms with Crippen LogP contribution in [0.4, 0.5) is 0 Å². The van der Waals surface area contributed by atoms with Crippen LogP contribution in [0.2, 0.25) is 0 Å². The third-order valence-corrected chi connectivity index (χ3v) is 3.81. The molecule has 19 heavy (non-hydrogen) atoms. The first-order chi connectivity index (χ1) is 9.34. The largest absolute Gasteiger partial charge is 0.313 e. The Morgan fingerprint density at radius 1 is 1.32 bits per heavy atom. The Morgan fingerprint density at radius 2 is 2.16 bits per heavy atom. The predicted molar refractivity (Wildman–Crippen MR) is 79.3 cm³/mol. The zero-order valence-electron chi connectivity index (χ0n) is 11.2. The summed E-state index contributed by atoms with van der Waals surface area (Å²) in [7, 11) is 0. The van der Waals surface area contributed by atoms with Crippen molar-refractivity contribution < 1.29 is 0 Å². The molecule has 0 aliphatic carbocycles. The second-order valence-electron chi connectivity index (χ2n) is 4.52. The van der Waals surface area contributed by atoms with Gasteiger partial charge in [-0.25, -0.2) is 4.98 Å². The van der Waals surface area contributed by atoms with E-state index in [0.717, 1.165) is 30.3 Å². The molecule has 2 N–H and O–H groups in total. The number of rotatable bonds is 8. The fourth-order valence-electron chi connectivity index (χ4n) is 1.85. The van der Waals surface area contributed by atoms with E-state index in [0.29, 0.717) is 6.04 Å². The van der Waals surface area contributed by atoms with Gasteiger partial charge in [0, 0.05) is 18.3 Å². The van der Waals surface area contributed by atoms with Gasteiger partial charge in [-0.05, 0) is 25.3 Å². The quantitative estimate of drug-likeness (QED) is 0.574. The van der Waals surface area contributed by atoms with E-state index in [9.17, 15) is 0 Å². The Kier molecular flexibility index (Phi) is 5.91. The lowest BCUT2D eigenvalue weighted by Crippen LogP contribution is -2.28. The Bertz CT molecular complexity index is 444. The Morgan fingerprint density at radius 3 is 2.89 bits per heavy atom. The molecular weight excluding hydrogens is 256 g/mol. The zero-order valence-corrected chi connectivity index (χ0v) is 12.0. The molecule has 0 spiro atoms. The van der Waals surface area contributed by atoms with Crippen molar-refractivity contribution in [2.75, 3.05) is 12.3 Å². The molecule has 0 bridgehead atoms. The van der Waals surface area contributed by atoms with Crippen LogP contribution in [0, 0.1) is 0 Å². The average molecular weight is 276 g/mol. The lowest BCUT2D eigenvalue weighted by molar-refractivity contribution is 0.532. The molecule has 0 aliphatic heterocycles. The van der Waals surface area contributed by atoms with Crippen LogP contribution in [0.3, 0.4) is 0 Å². The standard InChI is InChI=1S/C14H20N4S/c1-12(7-8-13-5-3-2-4-6-13)15-9-10-19-14-16-11-17-18-14/h2-6,11-12,15H,7-10H2,1H3,(H,16,17,18). The molecule has 5 heteroatoms. The van der Waals surface area contributed by atoms with Gasteiger partial charge in [0.1, 0.15) is 6.33 Å².